The highest BCUT2D eigenvalue weighted by atomic mass is 32.1. The average molecular weight is 245 g/mol. The maximum atomic E-state index is 5.91. The van der Waals surface area contributed by atoms with Crippen molar-refractivity contribution in [2.75, 3.05) is 12.8 Å². The summed E-state index contributed by atoms with van der Waals surface area (Å²) >= 11 is 1.57. The van der Waals surface area contributed by atoms with E-state index in [4.69, 9.17) is 10.5 Å². The van der Waals surface area contributed by atoms with Crippen molar-refractivity contribution >= 4 is 22.1 Å². The molecule has 0 aliphatic heterocycles. The molecule has 0 atom stereocenters. The lowest BCUT2D eigenvalue weighted by molar-refractivity contribution is 0.415. The number of thiazole rings is 1. The lowest BCUT2D eigenvalue weighted by Crippen LogP contribution is -1.93. The van der Waals surface area contributed by atoms with E-state index in [9.17, 15) is 0 Å². The summed E-state index contributed by atoms with van der Waals surface area (Å²) < 4.78 is 7.17. The van der Waals surface area contributed by atoms with E-state index in [1.54, 1.807) is 24.6 Å². The highest BCUT2D eigenvalue weighted by molar-refractivity contribution is 7.15. The molecule has 0 aliphatic carbocycles. The van der Waals surface area contributed by atoms with E-state index in [1.165, 1.54) is 0 Å². The molecule has 2 N–H and O–H groups in total. The minimum absolute atomic E-state index is 0.652. The van der Waals surface area contributed by atoms with Crippen molar-refractivity contribution < 1.29 is 4.74 Å². The van der Waals surface area contributed by atoms with E-state index in [0.717, 1.165) is 22.0 Å². The first-order valence-electron chi connectivity index (χ1n) is 5.14. The number of nitrogens with two attached hydrogens (primary N) is 1. The van der Waals surface area contributed by atoms with Crippen LogP contribution in [0.2, 0.25) is 0 Å². The third-order valence-corrected chi connectivity index (χ3v) is 3.48. The van der Waals surface area contributed by atoms with Crippen molar-refractivity contribution in [3.05, 3.63) is 35.8 Å². The van der Waals surface area contributed by atoms with Gasteiger partial charge in [0, 0.05) is 10.9 Å². The number of aromatic nitrogens is 2. The Morgan fingerprint density at radius 1 is 1.41 bits per heavy atom. The van der Waals surface area contributed by atoms with E-state index in [2.05, 4.69) is 4.98 Å². The van der Waals surface area contributed by atoms with E-state index < -0.39 is 0 Å². The summed E-state index contributed by atoms with van der Waals surface area (Å²) in [5.41, 5.74) is 8.02. The molecule has 0 amide bonds. The van der Waals surface area contributed by atoms with E-state index in [1.807, 2.05) is 34.0 Å². The molecule has 3 aromatic rings. The summed E-state index contributed by atoms with van der Waals surface area (Å²) in [7, 11) is 1.66. The number of nitrogen functional groups attached to an aromatic ring is 1. The summed E-state index contributed by atoms with van der Waals surface area (Å²) in [6.45, 7) is 0. The summed E-state index contributed by atoms with van der Waals surface area (Å²) in [5.74, 6) is 1.49. The van der Waals surface area contributed by atoms with Crippen molar-refractivity contribution in [3.63, 3.8) is 0 Å². The first kappa shape index (κ1) is 10.2. The molecule has 0 fully saturated rings. The van der Waals surface area contributed by atoms with E-state index >= 15 is 0 Å². The second-order valence-electron chi connectivity index (χ2n) is 3.65. The molecule has 1 aromatic carbocycles. The Labute approximate surface area is 102 Å². The quantitative estimate of drug-likeness (QED) is 0.755. The Morgan fingerprint density at radius 2 is 2.29 bits per heavy atom. The van der Waals surface area contributed by atoms with Crippen LogP contribution in [0.3, 0.4) is 0 Å². The smallest absolute Gasteiger partial charge is 0.195 e. The number of methoxy groups -OCH3 is 1. The molecule has 0 saturated heterocycles. The minimum Gasteiger partial charge on any atom is -0.497 e. The number of anilines is 1. The van der Waals surface area contributed by atoms with Gasteiger partial charge in [0.2, 0.25) is 0 Å². The number of fused-ring (bicyclic) bond motifs is 1. The molecular weight excluding hydrogens is 234 g/mol. The van der Waals surface area contributed by atoms with Gasteiger partial charge in [-0.05, 0) is 12.1 Å². The molecule has 0 bridgehead atoms. The fourth-order valence-corrected chi connectivity index (χ4v) is 2.69. The molecule has 0 saturated carbocycles. The SMILES string of the molecule is COc1cccc(-c2csc3ncc(N)n23)c1. The summed E-state index contributed by atoms with van der Waals surface area (Å²) in [6.07, 6.45) is 1.68. The normalized spacial score (nSPS) is 10.9. The van der Waals surface area contributed by atoms with Crippen molar-refractivity contribution in [2.24, 2.45) is 0 Å². The molecule has 5 heteroatoms. The van der Waals surface area contributed by atoms with Gasteiger partial charge in [0.15, 0.2) is 4.96 Å². The monoisotopic (exact) mass is 245 g/mol. The third kappa shape index (κ3) is 1.55. The molecule has 3 rings (SSSR count). The number of ether oxygens (including phenoxy) is 1. The van der Waals surface area contributed by atoms with Crippen LogP contribution in [0.4, 0.5) is 5.82 Å². The van der Waals surface area contributed by atoms with Crippen LogP contribution in [0.15, 0.2) is 35.8 Å². The topological polar surface area (TPSA) is 52.5 Å². The molecular formula is C12H11N3OS. The van der Waals surface area contributed by atoms with Crippen molar-refractivity contribution in [2.45, 2.75) is 0 Å². The molecule has 0 radical (unpaired) electrons. The number of nitrogens with zero attached hydrogens (tertiary/aromatic N) is 2. The predicted octanol–water partition coefficient (Wildman–Crippen LogP) is 2.65. The molecule has 2 heterocycles. The Morgan fingerprint density at radius 3 is 3.12 bits per heavy atom. The first-order chi connectivity index (χ1) is 8.29. The van der Waals surface area contributed by atoms with E-state index in [0.29, 0.717) is 5.82 Å². The number of imidazole rings is 1. The standard InChI is InChI=1S/C12H11N3OS/c1-16-9-4-2-3-8(5-9)10-7-17-12-14-6-11(13)15(10)12/h2-7H,13H2,1H3. The van der Waals surface area contributed by atoms with Crippen LogP contribution in [0.1, 0.15) is 0 Å². The van der Waals surface area contributed by atoms with Crippen molar-refractivity contribution in [1.82, 2.24) is 9.38 Å². The Hall–Kier alpha value is -2.01. The molecule has 0 aliphatic rings. The van der Waals surface area contributed by atoms with Crippen molar-refractivity contribution in [1.29, 1.82) is 0 Å². The van der Waals surface area contributed by atoms with Gasteiger partial charge in [-0.3, -0.25) is 4.40 Å². The van der Waals surface area contributed by atoms with Gasteiger partial charge in [0.05, 0.1) is 19.0 Å². The highest BCUT2D eigenvalue weighted by Gasteiger charge is 2.10. The van der Waals surface area contributed by atoms with Crippen LogP contribution in [-0.4, -0.2) is 16.5 Å². The van der Waals surface area contributed by atoms with Gasteiger partial charge in [-0.2, -0.15) is 0 Å². The van der Waals surface area contributed by atoms with Gasteiger partial charge in [0.25, 0.3) is 0 Å². The fourth-order valence-electron chi connectivity index (χ4n) is 1.81. The largest absolute Gasteiger partial charge is 0.497 e. The zero-order chi connectivity index (χ0) is 11.8. The maximum absolute atomic E-state index is 5.91. The number of hydrogen-bond donors (Lipinski definition) is 1. The van der Waals surface area contributed by atoms with Gasteiger partial charge in [-0.15, -0.1) is 11.3 Å². The van der Waals surface area contributed by atoms with Crippen LogP contribution < -0.4 is 10.5 Å². The first-order valence-corrected chi connectivity index (χ1v) is 6.02. The van der Waals surface area contributed by atoms with Crippen LogP contribution in [0.5, 0.6) is 5.75 Å². The Bertz CT molecular complexity index is 671. The van der Waals surface area contributed by atoms with E-state index in [-0.39, 0.29) is 0 Å². The van der Waals surface area contributed by atoms with Gasteiger partial charge >= 0.3 is 0 Å². The lowest BCUT2D eigenvalue weighted by atomic mass is 10.1. The van der Waals surface area contributed by atoms with Crippen LogP contribution in [-0.2, 0) is 0 Å². The molecule has 17 heavy (non-hydrogen) atoms. The average Bonchev–Trinajstić information content (AvgIpc) is 2.93. The minimum atomic E-state index is 0.652. The number of benzene rings is 1. The zero-order valence-corrected chi connectivity index (χ0v) is 10.1. The fraction of sp³-hybridized carbons (Fsp3) is 0.0833. The number of rotatable bonds is 2. The van der Waals surface area contributed by atoms with Crippen molar-refractivity contribution in [3.8, 4) is 17.0 Å². The molecule has 0 spiro atoms. The molecule has 0 unspecified atom stereocenters. The zero-order valence-electron chi connectivity index (χ0n) is 9.25. The molecule has 86 valence electrons. The van der Waals surface area contributed by atoms with Crippen LogP contribution in [0, 0.1) is 0 Å². The summed E-state index contributed by atoms with van der Waals surface area (Å²) in [6, 6.07) is 7.90. The molecule has 4 nitrogen and oxygen atoms in total. The van der Waals surface area contributed by atoms with Gasteiger partial charge in [-0.1, -0.05) is 12.1 Å². The van der Waals surface area contributed by atoms with Gasteiger partial charge in [-0.25, -0.2) is 4.98 Å². The number of hydrogen-bond acceptors (Lipinski definition) is 4. The summed E-state index contributed by atoms with van der Waals surface area (Å²) in [5, 5.41) is 2.05. The lowest BCUT2D eigenvalue weighted by Gasteiger charge is -2.04. The second-order valence-corrected chi connectivity index (χ2v) is 4.49. The Kier molecular flexibility index (Phi) is 2.26. The third-order valence-electron chi connectivity index (χ3n) is 2.64. The van der Waals surface area contributed by atoms with Gasteiger partial charge < -0.3 is 10.5 Å². The van der Waals surface area contributed by atoms with Crippen LogP contribution in [0.25, 0.3) is 16.2 Å². The van der Waals surface area contributed by atoms with Gasteiger partial charge in [0.1, 0.15) is 11.6 Å². The summed E-state index contributed by atoms with van der Waals surface area (Å²) in [4.78, 5) is 5.14. The molecule has 2 aromatic heterocycles. The highest BCUT2D eigenvalue weighted by Crippen LogP contribution is 2.29. The second kappa shape index (κ2) is 3.78. The predicted molar refractivity (Wildman–Crippen MR) is 69.5 cm³/mol. The Balaban J connectivity index is 2.22. The maximum Gasteiger partial charge on any atom is 0.195 e. The van der Waals surface area contributed by atoms with Crippen LogP contribution >= 0.6 is 11.3 Å².